The van der Waals surface area contributed by atoms with Gasteiger partial charge in [-0.05, 0) is 41.4 Å². The third-order valence-electron chi connectivity index (χ3n) is 3.37. The Morgan fingerprint density at radius 1 is 1.09 bits per heavy atom. The summed E-state index contributed by atoms with van der Waals surface area (Å²) in [5, 5.41) is 0.441. The third kappa shape index (κ3) is 5.33. The van der Waals surface area contributed by atoms with E-state index in [0.29, 0.717) is 5.30 Å². The molecule has 1 unspecified atom stereocenters. The van der Waals surface area contributed by atoms with Gasteiger partial charge in [-0.15, -0.1) is 0 Å². The normalized spacial score (nSPS) is 15.1. The van der Waals surface area contributed by atoms with E-state index < -0.39 is 7.60 Å². The molecule has 0 spiro atoms. The third-order valence-corrected chi connectivity index (χ3v) is 5.03. The number of hydrogen-bond acceptors (Lipinski definition) is 2. The van der Waals surface area contributed by atoms with Crippen LogP contribution in [0.2, 0.25) is 0 Å². The van der Waals surface area contributed by atoms with Gasteiger partial charge >= 0.3 is 45.3 Å². The molecule has 0 heterocycles. The molecule has 1 atom stereocenters. The Balaban J connectivity index is 0.00000441. The van der Waals surface area contributed by atoms with E-state index in [9.17, 15) is 9.46 Å². The molecule has 1 aromatic carbocycles. The first-order valence-corrected chi connectivity index (χ1v) is 8.87. The Morgan fingerprint density at radius 2 is 1.45 bits per heavy atom. The van der Waals surface area contributed by atoms with Gasteiger partial charge < -0.3 is 9.42 Å². The molecule has 0 aliphatic heterocycles. The monoisotopic (exact) mass is 353 g/mol. The summed E-state index contributed by atoms with van der Waals surface area (Å²) < 4.78 is 18.0. The van der Waals surface area contributed by atoms with Crippen LogP contribution >= 0.6 is 7.60 Å². The maximum atomic E-state index is 12.8. The topological polar surface area (TPSA) is 46.5 Å². The average molecular weight is 353 g/mol. The van der Waals surface area contributed by atoms with Gasteiger partial charge in [-0.1, -0.05) is 53.7 Å². The van der Waals surface area contributed by atoms with Gasteiger partial charge in [0, 0.05) is 0 Å². The predicted octanol–water partition coefficient (Wildman–Crippen LogP) is 3.39. The van der Waals surface area contributed by atoms with Crippen LogP contribution in [0.25, 0.3) is 0 Å². The summed E-state index contributed by atoms with van der Waals surface area (Å²) >= 11 is 0. The summed E-state index contributed by atoms with van der Waals surface area (Å²) in [7, 11) is -3.86. The van der Waals surface area contributed by atoms with E-state index in [1.807, 2.05) is 53.7 Å². The number of rotatable bonds is 3. The second-order valence-corrected chi connectivity index (χ2v) is 9.22. The van der Waals surface area contributed by atoms with Crippen molar-refractivity contribution in [3.8, 4) is 0 Å². The van der Waals surface area contributed by atoms with Crippen LogP contribution in [0.4, 0.5) is 0 Å². The van der Waals surface area contributed by atoms with Crippen LogP contribution in [0.5, 0.6) is 0 Å². The van der Waals surface area contributed by atoms with Crippen molar-refractivity contribution < 1.29 is 14.0 Å². The van der Waals surface area contributed by atoms with E-state index in [2.05, 4.69) is 6.92 Å². The molecule has 0 saturated heterocycles. The van der Waals surface area contributed by atoms with Gasteiger partial charge in [-0.3, -0.25) is 4.57 Å². The Hall–Kier alpha value is 0.630. The van der Waals surface area contributed by atoms with Crippen LogP contribution in [0.3, 0.4) is 0 Å². The van der Waals surface area contributed by atoms with Crippen molar-refractivity contribution in [2.24, 2.45) is 0 Å². The summed E-state index contributed by atoms with van der Waals surface area (Å²) in [4.78, 5) is 10.5. The van der Waals surface area contributed by atoms with Crippen molar-refractivity contribution in [3.05, 3.63) is 35.7 Å². The number of hydrogen-bond donors (Lipinski definition) is 1. The van der Waals surface area contributed by atoms with E-state index in [1.54, 1.807) is 6.92 Å². The molecule has 1 aromatic rings. The molecule has 5 heteroatoms. The van der Waals surface area contributed by atoms with Crippen LogP contribution in [0.15, 0.2) is 12.1 Å². The zero-order chi connectivity index (χ0) is 16.6. The van der Waals surface area contributed by atoms with E-state index in [0.717, 1.165) is 16.7 Å². The fourth-order valence-corrected chi connectivity index (χ4v) is 4.27. The molecule has 1 rings (SSSR count). The second kappa shape index (κ2) is 7.68. The Morgan fingerprint density at radius 3 is 1.73 bits per heavy atom. The fourth-order valence-electron chi connectivity index (χ4n) is 2.38. The molecule has 0 amide bonds. The average Bonchev–Trinajstić information content (AvgIpc) is 2.24. The first kappa shape index (κ1) is 22.6. The van der Waals surface area contributed by atoms with Gasteiger partial charge in [-0.25, -0.2) is 0 Å². The van der Waals surface area contributed by atoms with Gasteiger partial charge in [0.05, 0.1) is 11.9 Å². The van der Waals surface area contributed by atoms with E-state index in [-0.39, 0.29) is 55.2 Å². The molecule has 0 aliphatic carbocycles. The molecule has 22 heavy (non-hydrogen) atoms. The summed E-state index contributed by atoms with van der Waals surface area (Å²) in [5.41, 5.74) is 1.99. The zero-order valence-corrected chi connectivity index (χ0v) is 15.2. The van der Waals surface area contributed by atoms with Crippen molar-refractivity contribution in [1.29, 1.82) is 0 Å². The Kier molecular flexibility index (Phi) is 7.90. The summed E-state index contributed by atoms with van der Waals surface area (Å²) in [6.45, 7) is 18.1. The van der Waals surface area contributed by atoms with E-state index >= 15 is 0 Å². The van der Waals surface area contributed by atoms with Crippen molar-refractivity contribution in [1.82, 2.24) is 0 Å². The molecule has 0 bridgehead atoms. The standard InChI is InChI=1S/C17H28O3P.Ca.2H/c1-9-20-21(18,19)15-13(16(3,4)5)10-12(2)11-14(15)17(6,7)8;;;/h10-11H,2,9H2,1,3-8H3,(H,18,19);;;. The van der Waals surface area contributed by atoms with Gasteiger partial charge in [0.2, 0.25) is 0 Å². The molecule has 3 nitrogen and oxygen atoms in total. The van der Waals surface area contributed by atoms with Gasteiger partial charge in [0.25, 0.3) is 0 Å². The Labute approximate surface area is 165 Å². The van der Waals surface area contributed by atoms with E-state index in [1.165, 1.54) is 0 Å². The molecule has 0 fully saturated rings. The summed E-state index contributed by atoms with van der Waals surface area (Å²) in [5.74, 6) is 0. The molecule has 0 aliphatic rings. The fraction of sp³-hybridized carbons (Fsp3) is 0.588. The van der Waals surface area contributed by atoms with Crippen molar-refractivity contribution in [2.45, 2.75) is 59.3 Å². The first-order chi connectivity index (χ1) is 9.30. The Bertz CT molecular complexity index is 533. The maximum absolute atomic E-state index is 12.8. The van der Waals surface area contributed by atoms with Gasteiger partial charge in [0.1, 0.15) is 0 Å². The van der Waals surface area contributed by atoms with Gasteiger partial charge in [0.15, 0.2) is 0 Å². The second-order valence-electron chi connectivity index (χ2n) is 7.48. The van der Waals surface area contributed by atoms with Crippen molar-refractivity contribution in [2.75, 3.05) is 6.61 Å². The quantitative estimate of drug-likeness (QED) is 0.669. The minimum absolute atomic E-state index is 0. The zero-order valence-electron chi connectivity index (χ0n) is 14.3. The number of benzene rings is 1. The molecule has 0 aromatic heterocycles. The first-order valence-electron chi connectivity index (χ1n) is 7.29. The van der Waals surface area contributed by atoms with Crippen LogP contribution in [-0.2, 0) is 19.9 Å². The SMILES string of the molecule is [CH2]c1cc(C(C)(C)C)c(P(=O)(O)OCC)c(C(C)(C)C)c1.[CaH2]. The van der Waals surface area contributed by atoms with Crippen molar-refractivity contribution >= 4 is 50.6 Å². The predicted molar refractivity (Wildman–Crippen MR) is 97.9 cm³/mol. The van der Waals surface area contributed by atoms with Crippen LogP contribution < -0.4 is 5.30 Å². The minimum atomic E-state index is -3.86. The van der Waals surface area contributed by atoms with Crippen LogP contribution in [0, 0.1) is 6.92 Å². The van der Waals surface area contributed by atoms with Gasteiger partial charge in [-0.2, -0.15) is 0 Å². The molecule has 1 radical (unpaired) electrons. The molecular formula is C17H30CaO3P. The summed E-state index contributed by atoms with van der Waals surface area (Å²) in [6.07, 6.45) is 0. The molecular weight excluding hydrogens is 323 g/mol. The van der Waals surface area contributed by atoms with Crippen LogP contribution in [0.1, 0.15) is 65.2 Å². The molecule has 123 valence electrons. The van der Waals surface area contributed by atoms with E-state index in [4.69, 9.17) is 4.52 Å². The molecule has 0 saturated carbocycles. The van der Waals surface area contributed by atoms with Crippen molar-refractivity contribution in [3.63, 3.8) is 0 Å². The molecule has 1 N–H and O–H groups in total. The van der Waals surface area contributed by atoms with Crippen LogP contribution in [-0.4, -0.2) is 49.2 Å². The summed E-state index contributed by atoms with van der Waals surface area (Å²) in [6, 6.07) is 3.79.